The first-order valence-corrected chi connectivity index (χ1v) is 23.8. The van der Waals surface area contributed by atoms with Crippen LogP contribution in [-0.4, -0.2) is 38.9 Å². The second-order valence-electron chi connectivity index (χ2n) is 10.5. The fourth-order valence-electron chi connectivity index (χ4n) is 4.39. The van der Waals surface area contributed by atoms with Crippen molar-refractivity contribution in [1.29, 1.82) is 0 Å². The van der Waals surface area contributed by atoms with Crippen molar-refractivity contribution in [3.05, 3.63) is 40.5 Å². The first-order chi connectivity index (χ1) is 14.7. The molecule has 4 heteroatoms. The molecule has 0 aliphatic heterocycles. The van der Waals surface area contributed by atoms with E-state index in [1.807, 2.05) is 30.3 Å². The standard InChI is InChI=1S/C15H23O2Si.3C4H9.Sn/c1-6-12-15(2,17-18(3,4)5)13-16-14-10-8-7-9-11-14;3*1-3-4-2;/h1,6-11H,12-13H2,2-5H3;3*1,3-4H2,2H3;. The van der Waals surface area contributed by atoms with Gasteiger partial charge in [0, 0.05) is 0 Å². The van der Waals surface area contributed by atoms with Gasteiger partial charge in [0.1, 0.15) is 0 Å². The number of unbranched alkanes of at least 4 members (excludes halogenated alkanes) is 3. The molecule has 2 nitrogen and oxygen atoms in total. The molecule has 1 atom stereocenters. The molecule has 1 aromatic carbocycles. The minimum absolute atomic E-state index is 0.269. The van der Waals surface area contributed by atoms with Gasteiger partial charge >= 0.3 is 200 Å². The van der Waals surface area contributed by atoms with Crippen molar-refractivity contribution in [2.45, 2.75) is 111 Å². The Morgan fingerprint density at radius 3 is 1.84 bits per heavy atom. The summed E-state index contributed by atoms with van der Waals surface area (Å²) >= 11 is -2.25. The van der Waals surface area contributed by atoms with Crippen molar-refractivity contribution in [3.8, 4) is 5.75 Å². The van der Waals surface area contributed by atoms with Crippen molar-refractivity contribution >= 4 is 26.7 Å². The van der Waals surface area contributed by atoms with E-state index in [1.165, 1.54) is 51.8 Å². The van der Waals surface area contributed by atoms with Crippen LogP contribution >= 0.6 is 0 Å². The van der Waals surface area contributed by atoms with Crippen molar-refractivity contribution in [2.24, 2.45) is 0 Å². The van der Waals surface area contributed by atoms with Crippen molar-refractivity contribution in [2.75, 3.05) is 6.61 Å². The fraction of sp³-hybridized carbons (Fsp3) is 0.704. The molecule has 1 unspecified atom stereocenters. The molecule has 31 heavy (non-hydrogen) atoms. The van der Waals surface area contributed by atoms with Crippen LogP contribution in [0.25, 0.3) is 0 Å². The minimum atomic E-state index is -2.25. The van der Waals surface area contributed by atoms with Gasteiger partial charge in [-0.2, -0.15) is 0 Å². The molecule has 0 aromatic heterocycles. The third-order valence-corrected chi connectivity index (χ3v) is 21.3. The third-order valence-electron chi connectivity index (χ3n) is 5.95. The Hall–Kier alpha value is -0.264. The Labute approximate surface area is 199 Å². The summed E-state index contributed by atoms with van der Waals surface area (Å²) in [6.45, 7) is 16.7. The number of rotatable bonds is 17. The number of hydrogen-bond acceptors (Lipinski definition) is 2. The van der Waals surface area contributed by atoms with Crippen LogP contribution in [0.3, 0.4) is 0 Å². The van der Waals surface area contributed by atoms with Crippen LogP contribution in [0.2, 0.25) is 33.0 Å². The fourth-order valence-corrected chi connectivity index (χ4v) is 20.4. The number of ether oxygens (including phenoxy) is 1. The molecule has 1 rings (SSSR count). The van der Waals surface area contributed by atoms with Gasteiger partial charge in [0.15, 0.2) is 0 Å². The molecular formula is C27H50O2SiSn. The molecule has 0 heterocycles. The Balaban J connectivity index is 2.98. The monoisotopic (exact) mass is 554 g/mol. The van der Waals surface area contributed by atoms with E-state index >= 15 is 0 Å². The normalized spacial score (nSPS) is 14.7. The SMILES string of the molecule is CCC[CH2][Sn](/[CH]=C/CC(C)(COc1ccccc1)O[Si](C)(C)C)([CH2]CCC)[CH2]CCC. The average molecular weight is 553 g/mol. The molecule has 0 fully saturated rings. The van der Waals surface area contributed by atoms with E-state index in [0.29, 0.717) is 6.61 Å². The number of hydrogen-bond donors (Lipinski definition) is 0. The van der Waals surface area contributed by atoms with Gasteiger partial charge in [0.2, 0.25) is 0 Å². The molecule has 0 aliphatic carbocycles. The Kier molecular flexibility index (Phi) is 13.7. The summed E-state index contributed by atoms with van der Waals surface area (Å²) in [4.78, 5) is 0. The van der Waals surface area contributed by atoms with E-state index in [9.17, 15) is 0 Å². The molecular weight excluding hydrogens is 503 g/mol. The molecule has 0 saturated carbocycles. The topological polar surface area (TPSA) is 18.5 Å². The van der Waals surface area contributed by atoms with Crippen molar-refractivity contribution in [3.63, 3.8) is 0 Å². The van der Waals surface area contributed by atoms with Crippen LogP contribution in [0.15, 0.2) is 40.5 Å². The van der Waals surface area contributed by atoms with Crippen LogP contribution in [0.4, 0.5) is 0 Å². The van der Waals surface area contributed by atoms with Gasteiger partial charge in [-0.25, -0.2) is 0 Å². The first kappa shape index (κ1) is 28.8. The first-order valence-electron chi connectivity index (χ1n) is 12.7. The summed E-state index contributed by atoms with van der Waals surface area (Å²) in [5, 5.41) is 0. The van der Waals surface area contributed by atoms with E-state index in [1.54, 1.807) is 0 Å². The van der Waals surface area contributed by atoms with Crippen LogP contribution in [0.1, 0.15) is 72.6 Å². The van der Waals surface area contributed by atoms with Gasteiger partial charge in [-0.05, 0) is 0 Å². The van der Waals surface area contributed by atoms with Crippen LogP contribution in [-0.2, 0) is 4.43 Å². The molecule has 0 bridgehead atoms. The van der Waals surface area contributed by atoms with E-state index < -0.39 is 26.7 Å². The predicted molar refractivity (Wildman–Crippen MR) is 143 cm³/mol. The van der Waals surface area contributed by atoms with E-state index in [-0.39, 0.29) is 5.60 Å². The zero-order chi connectivity index (χ0) is 23.2. The second-order valence-corrected chi connectivity index (χ2v) is 28.0. The molecule has 178 valence electrons. The maximum absolute atomic E-state index is 6.69. The van der Waals surface area contributed by atoms with Gasteiger partial charge in [-0.1, -0.05) is 0 Å². The summed E-state index contributed by atoms with van der Waals surface area (Å²) in [5.74, 6) is 0.930. The Morgan fingerprint density at radius 1 is 0.871 bits per heavy atom. The van der Waals surface area contributed by atoms with E-state index in [0.717, 1.165) is 12.2 Å². The molecule has 0 amide bonds. The summed E-state index contributed by atoms with van der Waals surface area (Å²) in [6.07, 6.45) is 11.7. The van der Waals surface area contributed by atoms with Gasteiger partial charge in [-0.15, -0.1) is 0 Å². The molecule has 0 spiro atoms. The molecule has 0 aliphatic rings. The molecule has 1 aromatic rings. The van der Waals surface area contributed by atoms with Crippen LogP contribution in [0.5, 0.6) is 5.75 Å². The predicted octanol–water partition coefficient (Wildman–Crippen LogP) is 9.01. The molecule has 0 N–H and O–H groups in total. The van der Waals surface area contributed by atoms with Gasteiger partial charge in [-0.3, -0.25) is 0 Å². The average Bonchev–Trinajstić information content (AvgIpc) is 2.72. The van der Waals surface area contributed by atoms with Gasteiger partial charge < -0.3 is 0 Å². The van der Waals surface area contributed by atoms with Crippen molar-refractivity contribution < 1.29 is 9.16 Å². The van der Waals surface area contributed by atoms with Gasteiger partial charge in [0.25, 0.3) is 0 Å². The van der Waals surface area contributed by atoms with E-state index in [2.05, 4.69) is 57.5 Å². The number of para-hydroxylation sites is 1. The molecule has 0 saturated heterocycles. The van der Waals surface area contributed by atoms with Crippen LogP contribution in [0, 0.1) is 0 Å². The van der Waals surface area contributed by atoms with Gasteiger partial charge in [0.05, 0.1) is 0 Å². The zero-order valence-corrected chi connectivity index (χ0v) is 25.5. The number of benzene rings is 1. The van der Waals surface area contributed by atoms with Crippen molar-refractivity contribution in [1.82, 2.24) is 0 Å². The Bertz CT molecular complexity index is 590. The third kappa shape index (κ3) is 12.5. The summed E-state index contributed by atoms with van der Waals surface area (Å²) in [6, 6.07) is 10.2. The zero-order valence-electron chi connectivity index (χ0n) is 21.6. The van der Waals surface area contributed by atoms with Crippen LogP contribution < -0.4 is 4.74 Å². The summed E-state index contributed by atoms with van der Waals surface area (Å²) in [7, 11) is -1.69. The summed E-state index contributed by atoms with van der Waals surface area (Å²) < 4.78 is 20.2. The summed E-state index contributed by atoms with van der Waals surface area (Å²) in [5.41, 5.74) is -0.269. The Morgan fingerprint density at radius 2 is 1.39 bits per heavy atom. The molecule has 0 radical (unpaired) electrons. The maximum atomic E-state index is 6.69. The van der Waals surface area contributed by atoms with E-state index in [4.69, 9.17) is 9.16 Å². The second kappa shape index (κ2) is 14.8. The quantitative estimate of drug-likeness (QED) is 0.179.